The van der Waals surface area contributed by atoms with E-state index < -0.39 is 10.2 Å². The van der Waals surface area contributed by atoms with Crippen LogP contribution in [0.3, 0.4) is 0 Å². The molecule has 3 N–H and O–H groups in total. The van der Waals surface area contributed by atoms with Crippen LogP contribution in [0.4, 0.5) is 0 Å². The molecule has 0 bridgehead atoms. The van der Waals surface area contributed by atoms with E-state index >= 15 is 0 Å². The van der Waals surface area contributed by atoms with Crippen LogP contribution in [0.25, 0.3) is 0 Å². The number of hydrogen-bond donors (Lipinski definition) is 2. The maximum absolute atomic E-state index is 12.4. The molecule has 1 saturated heterocycles. The summed E-state index contributed by atoms with van der Waals surface area (Å²) < 4.78 is 29.3. The summed E-state index contributed by atoms with van der Waals surface area (Å²) in [7, 11) is -3.37. The summed E-state index contributed by atoms with van der Waals surface area (Å²) in [4.78, 5) is 0. The molecule has 0 radical (unpaired) electrons. The Balaban J connectivity index is 2.06. The summed E-state index contributed by atoms with van der Waals surface area (Å²) in [6.45, 7) is 3.78. The number of nitrogens with two attached hydrogens (primary N) is 1. The van der Waals surface area contributed by atoms with E-state index in [4.69, 9.17) is 5.73 Å². The smallest absolute Gasteiger partial charge is 0.280 e. The van der Waals surface area contributed by atoms with E-state index in [0.717, 1.165) is 38.5 Å². The van der Waals surface area contributed by atoms with E-state index in [1.165, 1.54) is 0 Å². The van der Waals surface area contributed by atoms with Crippen LogP contribution in [0.5, 0.6) is 0 Å². The van der Waals surface area contributed by atoms with Crippen LogP contribution in [-0.4, -0.2) is 37.9 Å². The Labute approximate surface area is 110 Å². The van der Waals surface area contributed by atoms with Crippen molar-refractivity contribution in [2.45, 2.75) is 51.0 Å². The number of rotatable bonds is 4. The highest BCUT2D eigenvalue weighted by atomic mass is 32.2. The Morgan fingerprint density at radius 3 is 2.56 bits per heavy atom. The van der Waals surface area contributed by atoms with E-state index in [2.05, 4.69) is 11.6 Å². The van der Waals surface area contributed by atoms with E-state index in [1.807, 2.05) is 0 Å². The molecule has 0 spiro atoms. The molecule has 2 rings (SSSR count). The Hall–Kier alpha value is -0.170. The molecule has 1 unspecified atom stereocenters. The monoisotopic (exact) mass is 275 g/mol. The van der Waals surface area contributed by atoms with Crippen molar-refractivity contribution in [1.29, 1.82) is 0 Å². The maximum atomic E-state index is 12.4. The number of nitrogens with one attached hydrogen (secondary N) is 1. The van der Waals surface area contributed by atoms with Gasteiger partial charge < -0.3 is 5.73 Å². The van der Waals surface area contributed by atoms with E-state index in [-0.39, 0.29) is 5.54 Å². The van der Waals surface area contributed by atoms with Gasteiger partial charge in [0.15, 0.2) is 0 Å². The molecule has 106 valence electrons. The minimum atomic E-state index is -3.37. The molecule has 0 aromatic carbocycles. The summed E-state index contributed by atoms with van der Waals surface area (Å²) in [5, 5.41) is 0. The number of hydrogen-bond acceptors (Lipinski definition) is 3. The largest absolute Gasteiger partial charge is 0.329 e. The lowest BCUT2D eigenvalue weighted by Crippen LogP contribution is -2.57. The molecule has 0 amide bonds. The summed E-state index contributed by atoms with van der Waals surface area (Å²) in [6.07, 6.45) is 5.94. The van der Waals surface area contributed by atoms with E-state index in [9.17, 15) is 8.42 Å². The first kappa shape index (κ1) is 14.2. The second-order valence-corrected chi connectivity index (χ2v) is 7.57. The molecule has 1 aliphatic heterocycles. The molecular weight excluding hydrogens is 250 g/mol. The summed E-state index contributed by atoms with van der Waals surface area (Å²) in [5.41, 5.74) is 5.40. The maximum Gasteiger partial charge on any atom is 0.280 e. The zero-order valence-electron chi connectivity index (χ0n) is 11.2. The van der Waals surface area contributed by atoms with Crippen molar-refractivity contribution in [3.05, 3.63) is 0 Å². The fourth-order valence-electron chi connectivity index (χ4n) is 3.10. The molecular formula is C12H25N3O2S. The van der Waals surface area contributed by atoms with Crippen molar-refractivity contribution in [1.82, 2.24) is 9.03 Å². The van der Waals surface area contributed by atoms with Gasteiger partial charge in [0.25, 0.3) is 10.2 Å². The van der Waals surface area contributed by atoms with Gasteiger partial charge in [-0.1, -0.05) is 19.8 Å². The van der Waals surface area contributed by atoms with Crippen LogP contribution in [0.15, 0.2) is 0 Å². The highest BCUT2D eigenvalue weighted by Crippen LogP contribution is 2.30. The molecule has 18 heavy (non-hydrogen) atoms. The average Bonchev–Trinajstić information content (AvgIpc) is 2.77. The Morgan fingerprint density at radius 1 is 1.33 bits per heavy atom. The van der Waals surface area contributed by atoms with Gasteiger partial charge >= 0.3 is 0 Å². The van der Waals surface area contributed by atoms with Crippen LogP contribution in [0.1, 0.15) is 45.4 Å². The molecule has 1 saturated carbocycles. The Kier molecular flexibility index (Phi) is 4.31. The number of piperidine rings is 1. The Morgan fingerprint density at radius 2 is 2.00 bits per heavy atom. The fourth-order valence-corrected chi connectivity index (χ4v) is 4.89. The standard InChI is InChI=1S/C12H25N3O2S/c1-11-5-4-8-15(9-11)18(16,17)14-12(10-13)6-2-3-7-12/h11,14H,2-10,13H2,1H3. The fraction of sp³-hybridized carbons (Fsp3) is 1.00. The van der Waals surface area contributed by atoms with Gasteiger partial charge in [0, 0.05) is 25.2 Å². The molecule has 0 aromatic heterocycles. The lowest BCUT2D eigenvalue weighted by atomic mass is 10.0. The van der Waals surface area contributed by atoms with Crippen molar-refractivity contribution in [3.8, 4) is 0 Å². The topological polar surface area (TPSA) is 75.4 Å². The summed E-state index contributed by atoms with van der Waals surface area (Å²) >= 11 is 0. The SMILES string of the molecule is CC1CCCN(S(=O)(=O)NC2(CN)CCCC2)C1. The van der Waals surface area contributed by atoms with Gasteiger partial charge in [0.05, 0.1) is 0 Å². The third kappa shape index (κ3) is 3.04. The lowest BCUT2D eigenvalue weighted by molar-refractivity contribution is 0.270. The van der Waals surface area contributed by atoms with Crippen molar-refractivity contribution >= 4 is 10.2 Å². The average molecular weight is 275 g/mol. The van der Waals surface area contributed by atoms with Gasteiger partial charge in [-0.15, -0.1) is 0 Å². The molecule has 5 nitrogen and oxygen atoms in total. The zero-order chi connectivity index (χ0) is 13.2. The minimum Gasteiger partial charge on any atom is -0.329 e. The molecule has 1 aliphatic carbocycles. The molecule has 0 aromatic rings. The van der Waals surface area contributed by atoms with Crippen molar-refractivity contribution in [2.75, 3.05) is 19.6 Å². The third-order valence-electron chi connectivity index (χ3n) is 4.26. The first-order chi connectivity index (χ1) is 8.47. The van der Waals surface area contributed by atoms with Gasteiger partial charge in [-0.05, 0) is 31.6 Å². The van der Waals surface area contributed by atoms with E-state index in [0.29, 0.717) is 25.6 Å². The quantitative estimate of drug-likeness (QED) is 0.798. The van der Waals surface area contributed by atoms with Gasteiger partial charge in [0.1, 0.15) is 0 Å². The molecule has 2 fully saturated rings. The molecule has 6 heteroatoms. The Bertz CT molecular complexity index is 377. The van der Waals surface area contributed by atoms with Gasteiger partial charge in [-0.2, -0.15) is 17.4 Å². The first-order valence-electron chi connectivity index (χ1n) is 6.97. The number of nitrogens with zero attached hydrogens (tertiary/aromatic N) is 1. The van der Waals surface area contributed by atoms with Gasteiger partial charge in [-0.3, -0.25) is 0 Å². The minimum absolute atomic E-state index is 0.389. The van der Waals surface area contributed by atoms with Gasteiger partial charge in [0.2, 0.25) is 0 Å². The summed E-state index contributed by atoms with van der Waals surface area (Å²) in [5.74, 6) is 0.452. The van der Waals surface area contributed by atoms with Crippen LogP contribution in [0.2, 0.25) is 0 Å². The predicted octanol–water partition coefficient (Wildman–Crippen LogP) is 0.824. The normalized spacial score (nSPS) is 29.6. The zero-order valence-corrected chi connectivity index (χ0v) is 12.0. The lowest BCUT2D eigenvalue weighted by Gasteiger charge is -2.35. The van der Waals surface area contributed by atoms with Crippen LogP contribution in [-0.2, 0) is 10.2 Å². The van der Waals surface area contributed by atoms with Crippen molar-refractivity contribution in [2.24, 2.45) is 11.7 Å². The molecule has 2 aliphatic rings. The van der Waals surface area contributed by atoms with Crippen LogP contribution in [0, 0.1) is 5.92 Å². The molecule has 1 atom stereocenters. The van der Waals surface area contributed by atoms with Crippen molar-refractivity contribution in [3.63, 3.8) is 0 Å². The highest BCUT2D eigenvalue weighted by Gasteiger charge is 2.39. The van der Waals surface area contributed by atoms with Crippen molar-refractivity contribution < 1.29 is 8.42 Å². The van der Waals surface area contributed by atoms with Crippen LogP contribution < -0.4 is 10.5 Å². The molecule has 1 heterocycles. The first-order valence-corrected chi connectivity index (χ1v) is 8.41. The second kappa shape index (κ2) is 5.45. The summed E-state index contributed by atoms with van der Waals surface area (Å²) in [6, 6.07) is 0. The van der Waals surface area contributed by atoms with Gasteiger partial charge in [-0.25, -0.2) is 0 Å². The van der Waals surface area contributed by atoms with E-state index in [1.54, 1.807) is 4.31 Å². The second-order valence-electron chi connectivity index (χ2n) is 5.90. The van der Waals surface area contributed by atoms with Crippen LogP contribution >= 0.6 is 0 Å². The third-order valence-corrected chi connectivity index (χ3v) is 5.96. The highest BCUT2D eigenvalue weighted by molar-refractivity contribution is 7.87. The predicted molar refractivity (Wildman–Crippen MR) is 72.3 cm³/mol.